The van der Waals surface area contributed by atoms with E-state index in [4.69, 9.17) is 5.11 Å². The summed E-state index contributed by atoms with van der Waals surface area (Å²) in [6, 6.07) is -0.436. The topological polar surface area (TPSA) is 84.9 Å². The van der Waals surface area contributed by atoms with E-state index >= 15 is 0 Å². The Kier molecular flexibility index (Phi) is 6.75. The molecule has 0 aliphatic carbocycles. The van der Waals surface area contributed by atoms with Gasteiger partial charge in [0.1, 0.15) is 0 Å². The molecule has 0 aromatic rings. The molecule has 110 valence electrons. The molecule has 0 atom stereocenters. The average Bonchev–Trinajstić information content (AvgIpc) is 2.30. The van der Waals surface area contributed by atoms with E-state index in [1.807, 2.05) is 18.7 Å². The lowest BCUT2D eigenvalue weighted by Crippen LogP contribution is -2.51. The molecule has 0 spiro atoms. The van der Waals surface area contributed by atoms with Gasteiger partial charge in [-0.1, -0.05) is 0 Å². The minimum atomic E-state index is -0.445. The summed E-state index contributed by atoms with van der Waals surface area (Å²) < 4.78 is 0. The van der Waals surface area contributed by atoms with E-state index in [2.05, 4.69) is 15.5 Å². The molecule has 1 rings (SSSR count). The number of aliphatic hydroxyl groups excluding tert-OH is 1. The second kappa shape index (κ2) is 8.08. The molecule has 1 saturated heterocycles. The van der Waals surface area contributed by atoms with Gasteiger partial charge in [-0.2, -0.15) is 0 Å². The van der Waals surface area contributed by atoms with Crippen LogP contribution >= 0.6 is 0 Å². The fourth-order valence-electron chi connectivity index (χ4n) is 1.98. The maximum absolute atomic E-state index is 11.6. The molecule has 0 aromatic heterocycles. The van der Waals surface area contributed by atoms with Crippen molar-refractivity contribution in [2.24, 2.45) is 0 Å². The van der Waals surface area contributed by atoms with Crippen LogP contribution < -0.4 is 10.6 Å². The van der Waals surface area contributed by atoms with Crippen molar-refractivity contribution in [2.75, 3.05) is 45.9 Å². The number of urea groups is 1. The highest BCUT2D eigenvalue weighted by molar-refractivity contribution is 5.95. The third-order valence-electron chi connectivity index (χ3n) is 2.92. The lowest BCUT2D eigenvalue weighted by Gasteiger charge is -2.33. The van der Waals surface area contributed by atoms with Crippen LogP contribution in [0.1, 0.15) is 13.8 Å². The SMILES string of the molecule is CC(C)NC(=O)NC(=O)CN1CCN(CCO)CC1. The van der Waals surface area contributed by atoms with Gasteiger partial charge in [0.25, 0.3) is 0 Å². The molecule has 0 radical (unpaired) electrons. The molecule has 7 nitrogen and oxygen atoms in total. The molecule has 7 heteroatoms. The molecule has 1 fully saturated rings. The van der Waals surface area contributed by atoms with Gasteiger partial charge in [0.2, 0.25) is 5.91 Å². The van der Waals surface area contributed by atoms with E-state index in [9.17, 15) is 9.59 Å². The Balaban J connectivity index is 2.21. The summed E-state index contributed by atoms with van der Waals surface area (Å²) in [6.07, 6.45) is 0. The molecule has 1 aliphatic heterocycles. The second-order valence-corrected chi connectivity index (χ2v) is 5.02. The van der Waals surface area contributed by atoms with Gasteiger partial charge in [-0.15, -0.1) is 0 Å². The van der Waals surface area contributed by atoms with E-state index in [0.29, 0.717) is 6.54 Å². The number of rotatable bonds is 5. The molecular weight excluding hydrogens is 248 g/mol. The summed E-state index contributed by atoms with van der Waals surface area (Å²) in [5, 5.41) is 13.8. The van der Waals surface area contributed by atoms with Gasteiger partial charge in [0, 0.05) is 38.8 Å². The number of amides is 3. The van der Waals surface area contributed by atoms with Crippen molar-refractivity contribution in [2.45, 2.75) is 19.9 Å². The van der Waals surface area contributed by atoms with Gasteiger partial charge in [-0.05, 0) is 13.8 Å². The van der Waals surface area contributed by atoms with Crippen molar-refractivity contribution in [3.8, 4) is 0 Å². The first-order chi connectivity index (χ1) is 9.01. The highest BCUT2D eigenvalue weighted by Crippen LogP contribution is 2.00. The summed E-state index contributed by atoms with van der Waals surface area (Å²) in [4.78, 5) is 27.1. The first-order valence-corrected chi connectivity index (χ1v) is 6.67. The van der Waals surface area contributed by atoms with Crippen molar-refractivity contribution in [1.29, 1.82) is 0 Å². The van der Waals surface area contributed by atoms with E-state index in [1.165, 1.54) is 0 Å². The second-order valence-electron chi connectivity index (χ2n) is 5.02. The molecular formula is C12H24N4O3. The number of hydrogen-bond donors (Lipinski definition) is 3. The first kappa shape index (κ1) is 15.9. The number of carbonyl (C=O) groups is 2. The molecule has 0 unspecified atom stereocenters. The monoisotopic (exact) mass is 272 g/mol. The average molecular weight is 272 g/mol. The van der Waals surface area contributed by atoms with Crippen LogP contribution in [0.25, 0.3) is 0 Å². The van der Waals surface area contributed by atoms with Crippen LogP contribution in [-0.2, 0) is 4.79 Å². The Morgan fingerprint density at radius 3 is 2.26 bits per heavy atom. The number of β-amino-alcohol motifs (C(OH)–C–C–N with tert-alkyl or cyclic N) is 1. The fraction of sp³-hybridized carbons (Fsp3) is 0.833. The number of hydrogen-bond acceptors (Lipinski definition) is 5. The molecule has 0 bridgehead atoms. The number of piperazine rings is 1. The largest absolute Gasteiger partial charge is 0.395 e. The highest BCUT2D eigenvalue weighted by atomic mass is 16.3. The fourth-order valence-corrected chi connectivity index (χ4v) is 1.98. The van der Waals surface area contributed by atoms with Crippen LogP contribution in [0, 0.1) is 0 Å². The predicted octanol–water partition coefficient (Wildman–Crippen LogP) is -1.17. The zero-order valence-corrected chi connectivity index (χ0v) is 11.7. The van der Waals surface area contributed by atoms with Crippen LogP contribution in [0.3, 0.4) is 0 Å². The van der Waals surface area contributed by atoms with Crippen molar-refractivity contribution in [3.05, 3.63) is 0 Å². The first-order valence-electron chi connectivity index (χ1n) is 6.67. The molecule has 0 aromatic carbocycles. The molecule has 3 amide bonds. The van der Waals surface area contributed by atoms with Crippen molar-refractivity contribution < 1.29 is 14.7 Å². The third kappa shape index (κ3) is 6.51. The summed E-state index contributed by atoms with van der Waals surface area (Å²) in [5.41, 5.74) is 0. The lowest BCUT2D eigenvalue weighted by atomic mass is 10.3. The number of imide groups is 1. The van der Waals surface area contributed by atoms with Crippen molar-refractivity contribution in [3.63, 3.8) is 0 Å². The minimum absolute atomic E-state index is 0.00910. The number of nitrogens with zero attached hydrogens (tertiary/aromatic N) is 2. The molecule has 1 aliphatic rings. The lowest BCUT2D eigenvalue weighted by molar-refractivity contribution is -0.121. The maximum Gasteiger partial charge on any atom is 0.321 e. The summed E-state index contributed by atoms with van der Waals surface area (Å²) in [7, 11) is 0. The van der Waals surface area contributed by atoms with Crippen molar-refractivity contribution in [1.82, 2.24) is 20.4 Å². The van der Waals surface area contributed by atoms with Crippen LogP contribution in [0.4, 0.5) is 4.79 Å². The number of carbonyl (C=O) groups excluding carboxylic acids is 2. The quantitative estimate of drug-likeness (QED) is 0.587. The van der Waals surface area contributed by atoms with Crippen LogP contribution in [0.15, 0.2) is 0 Å². The van der Waals surface area contributed by atoms with Gasteiger partial charge in [0.15, 0.2) is 0 Å². The molecule has 19 heavy (non-hydrogen) atoms. The van der Waals surface area contributed by atoms with E-state index in [1.54, 1.807) is 0 Å². The summed E-state index contributed by atoms with van der Waals surface area (Å²) in [6.45, 7) is 7.98. The number of aliphatic hydroxyl groups is 1. The smallest absolute Gasteiger partial charge is 0.321 e. The highest BCUT2D eigenvalue weighted by Gasteiger charge is 2.19. The molecule has 0 saturated carbocycles. The van der Waals surface area contributed by atoms with Gasteiger partial charge >= 0.3 is 6.03 Å². The Morgan fingerprint density at radius 1 is 1.16 bits per heavy atom. The predicted molar refractivity (Wildman–Crippen MR) is 71.8 cm³/mol. The van der Waals surface area contributed by atoms with E-state index in [0.717, 1.165) is 26.2 Å². The van der Waals surface area contributed by atoms with Crippen LogP contribution in [0.2, 0.25) is 0 Å². The number of nitrogens with one attached hydrogen (secondary N) is 2. The molecule has 3 N–H and O–H groups in total. The van der Waals surface area contributed by atoms with Gasteiger partial charge in [-0.25, -0.2) is 4.79 Å². The minimum Gasteiger partial charge on any atom is -0.395 e. The van der Waals surface area contributed by atoms with Crippen LogP contribution in [-0.4, -0.2) is 78.8 Å². The van der Waals surface area contributed by atoms with Gasteiger partial charge in [0.05, 0.1) is 13.2 Å². The van der Waals surface area contributed by atoms with Crippen LogP contribution in [0.5, 0.6) is 0 Å². The summed E-state index contributed by atoms with van der Waals surface area (Å²) >= 11 is 0. The Hall–Kier alpha value is -1.18. The maximum atomic E-state index is 11.6. The van der Waals surface area contributed by atoms with Crippen molar-refractivity contribution >= 4 is 11.9 Å². The zero-order valence-electron chi connectivity index (χ0n) is 11.7. The van der Waals surface area contributed by atoms with Gasteiger partial charge in [-0.3, -0.25) is 19.9 Å². The summed E-state index contributed by atoms with van der Waals surface area (Å²) in [5.74, 6) is -0.284. The molecule has 1 heterocycles. The Labute approximate surface area is 113 Å². The Morgan fingerprint density at radius 2 is 1.74 bits per heavy atom. The van der Waals surface area contributed by atoms with Gasteiger partial charge < -0.3 is 10.4 Å². The Bertz CT molecular complexity index is 301. The van der Waals surface area contributed by atoms with E-state index < -0.39 is 6.03 Å². The standard InChI is InChI=1S/C12H24N4O3/c1-10(2)13-12(19)14-11(18)9-16-5-3-15(4-6-16)7-8-17/h10,17H,3-9H2,1-2H3,(H2,13,14,18,19). The van der Waals surface area contributed by atoms with E-state index in [-0.39, 0.29) is 25.1 Å². The third-order valence-corrected chi connectivity index (χ3v) is 2.92. The normalized spacial score (nSPS) is 17.5. The zero-order chi connectivity index (χ0) is 14.3.